The number of aromatic nitrogens is 1. The fourth-order valence-corrected chi connectivity index (χ4v) is 1.69. The minimum absolute atomic E-state index is 0.109. The number of nitrogens with two attached hydrogens (primary N) is 1. The quantitative estimate of drug-likeness (QED) is 0.909. The van der Waals surface area contributed by atoms with Crippen LogP contribution in [0.15, 0.2) is 36.4 Å². The van der Waals surface area contributed by atoms with E-state index in [1.807, 2.05) is 0 Å². The standard InChI is InChI=1S/C13H11F3N2O2/c14-13(15,16)20-11-4-2-1-3-9(11)12-10(17)6-5-8(7-19)18-12/h1-6,19H,7,17H2. The van der Waals surface area contributed by atoms with Crippen molar-refractivity contribution in [1.82, 2.24) is 4.98 Å². The van der Waals surface area contributed by atoms with Gasteiger partial charge >= 0.3 is 6.36 Å². The minimum atomic E-state index is -4.81. The maximum Gasteiger partial charge on any atom is 0.573 e. The Morgan fingerprint density at radius 1 is 1.15 bits per heavy atom. The van der Waals surface area contributed by atoms with E-state index in [0.717, 1.165) is 0 Å². The molecule has 0 spiro atoms. The molecule has 0 radical (unpaired) electrons. The van der Waals surface area contributed by atoms with Crippen molar-refractivity contribution >= 4 is 5.69 Å². The number of para-hydroxylation sites is 1. The fraction of sp³-hybridized carbons (Fsp3) is 0.154. The van der Waals surface area contributed by atoms with E-state index in [1.54, 1.807) is 6.07 Å². The van der Waals surface area contributed by atoms with Crippen LogP contribution < -0.4 is 10.5 Å². The number of aliphatic hydroxyl groups is 1. The molecule has 1 aromatic carbocycles. The summed E-state index contributed by atoms with van der Waals surface area (Å²) in [5.74, 6) is -0.394. The number of hydrogen-bond acceptors (Lipinski definition) is 4. The molecule has 0 saturated carbocycles. The maximum absolute atomic E-state index is 12.4. The predicted molar refractivity (Wildman–Crippen MR) is 66.7 cm³/mol. The molecule has 0 aliphatic heterocycles. The van der Waals surface area contributed by atoms with Crippen LogP contribution in [0.4, 0.5) is 18.9 Å². The molecule has 7 heteroatoms. The molecule has 0 amide bonds. The van der Waals surface area contributed by atoms with Crippen molar-refractivity contribution in [2.24, 2.45) is 0 Å². The largest absolute Gasteiger partial charge is 0.573 e. The Balaban J connectivity index is 2.52. The van der Waals surface area contributed by atoms with Gasteiger partial charge in [-0.3, -0.25) is 0 Å². The van der Waals surface area contributed by atoms with Gasteiger partial charge in [-0.2, -0.15) is 0 Å². The van der Waals surface area contributed by atoms with Gasteiger partial charge in [0.05, 0.1) is 23.7 Å². The lowest BCUT2D eigenvalue weighted by Crippen LogP contribution is -2.17. The third kappa shape index (κ3) is 3.18. The van der Waals surface area contributed by atoms with Gasteiger partial charge in [0, 0.05) is 5.56 Å². The molecule has 0 atom stereocenters. The molecule has 1 aromatic heterocycles. The second-order valence-electron chi connectivity index (χ2n) is 3.94. The van der Waals surface area contributed by atoms with Crippen LogP contribution in [-0.2, 0) is 6.61 Å². The number of hydrogen-bond donors (Lipinski definition) is 2. The van der Waals surface area contributed by atoms with Gasteiger partial charge in [0.25, 0.3) is 0 Å². The molecule has 0 fully saturated rings. The number of halogens is 3. The van der Waals surface area contributed by atoms with Crippen LogP contribution in [-0.4, -0.2) is 16.5 Å². The zero-order chi connectivity index (χ0) is 14.8. The topological polar surface area (TPSA) is 68.4 Å². The second-order valence-corrected chi connectivity index (χ2v) is 3.94. The first-order valence-corrected chi connectivity index (χ1v) is 5.62. The van der Waals surface area contributed by atoms with E-state index in [2.05, 4.69) is 9.72 Å². The summed E-state index contributed by atoms with van der Waals surface area (Å²) < 4.78 is 41.1. The highest BCUT2D eigenvalue weighted by Crippen LogP contribution is 2.35. The summed E-state index contributed by atoms with van der Waals surface area (Å²) in [6.07, 6.45) is -4.81. The summed E-state index contributed by atoms with van der Waals surface area (Å²) in [6.45, 7) is -0.338. The molecular formula is C13H11F3N2O2. The van der Waals surface area contributed by atoms with E-state index < -0.39 is 12.1 Å². The maximum atomic E-state index is 12.4. The Kier molecular flexibility index (Phi) is 3.80. The fourth-order valence-electron chi connectivity index (χ4n) is 1.69. The number of pyridine rings is 1. The first kappa shape index (κ1) is 14.1. The van der Waals surface area contributed by atoms with Gasteiger partial charge in [-0.15, -0.1) is 13.2 Å². The lowest BCUT2D eigenvalue weighted by molar-refractivity contribution is -0.274. The molecular weight excluding hydrogens is 273 g/mol. The minimum Gasteiger partial charge on any atom is -0.405 e. The Labute approximate surface area is 112 Å². The molecule has 3 N–H and O–H groups in total. The van der Waals surface area contributed by atoms with Gasteiger partial charge in [0.15, 0.2) is 0 Å². The molecule has 0 bridgehead atoms. The number of rotatable bonds is 3. The van der Waals surface area contributed by atoms with Gasteiger partial charge in [-0.25, -0.2) is 4.98 Å². The monoisotopic (exact) mass is 284 g/mol. The normalized spacial score (nSPS) is 11.4. The zero-order valence-electron chi connectivity index (χ0n) is 10.2. The highest BCUT2D eigenvalue weighted by molar-refractivity contribution is 5.77. The van der Waals surface area contributed by atoms with Gasteiger partial charge in [0.2, 0.25) is 0 Å². The SMILES string of the molecule is Nc1ccc(CO)nc1-c1ccccc1OC(F)(F)F. The Morgan fingerprint density at radius 3 is 2.50 bits per heavy atom. The molecule has 106 valence electrons. The van der Waals surface area contributed by atoms with Crippen molar-refractivity contribution in [2.45, 2.75) is 13.0 Å². The van der Waals surface area contributed by atoms with E-state index in [9.17, 15) is 13.2 Å². The molecule has 0 aliphatic rings. The van der Waals surface area contributed by atoms with Crippen LogP contribution in [0.3, 0.4) is 0 Å². The van der Waals surface area contributed by atoms with E-state index in [0.29, 0.717) is 5.69 Å². The van der Waals surface area contributed by atoms with Crippen LogP contribution in [0, 0.1) is 0 Å². The molecule has 0 unspecified atom stereocenters. The summed E-state index contributed by atoms with van der Waals surface area (Å²) in [5.41, 5.74) is 6.47. The molecule has 2 aromatic rings. The molecule has 20 heavy (non-hydrogen) atoms. The van der Waals surface area contributed by atoms with Crippen molar-refractivity contribution in [3.63, 3.8) is 0 Å². The van der Waals surface area contributed by atoms with Crippen molar-refractivity contribution in [3.05, 3.63) is 42.1 Å². The zero-order valence-corrected chi connectivity index (χ0v) is 10.2. The smallest absolute Gasteiger partial charge is 0.405 e. The van der Waals surface area contributed by atoms with Crippen molar-refractivity contribution in [3.8, 4) is 17.0 Å². The molecule has 2 rings (SSSR count). The Morgan fingerprint density at radius 2 is 1.85 bits per heavy atom. The Bertz CT molecular complexity index is 615. The molecule has 0 aliphatic carbocycles. The van der Waals surface area contributed by atoms with Crippen LogP contribution in [0.1, 0.15) is 5.69 Å². The van der Waals surface area contributed by atoms with Gasteiger partial charge in [-0.05, 0) is 24.3 Å². The van der Waals surface area contributed by atoms with E-state index in [1.165, 1.54) is 30.3 Å². The number of nitrogen functional groups attached to an aromatic ring is 1. The number of nitrogens with zero attached hydrogens (tertiary/aromatic N) is 1. The van der Waals surface area contributed by atoms with Crippen LogP contribution in [0.2, 0.25) is 0 Å². The van der Waals surface area contributed by atoms with Gasteiger partial charge in [-0.1, -0.05) is 12.1 Å². The van der Waals surface area contributed by atoms with Crippen molar-refractivity contribution < 1.29 is 23.0 Å². The molecule has 4 nitrogen and oxygen atoms in total. The third-order valence-corrected chi connectivity index (χ3v) is 2.51. The van der Waals surface area contributed by atoms with E-state index in [4.69, 9.17) is 10.8 Å². The average Bonchev–Trinajstić information content (AvgIpc) is 2.38. The summed E-state index contributed by atoms with van der Waals surface area (Å²) in [6, 6.07) is 8.52. The molecule has 1 heterocycles. The third-order valence-electron chi connectivity index (χ3n) is 2.51. The summed E-state index contributed by atoms with van der Waals surface area (Å²) in [5, 5.41) is 9.04. The van der Waals surface area contributed by atoms with Crippen molar-refractivity contribution in [1.29, 1.82) is 0 Å². The highest BCUT2D eigenvalue weighted by Gasteiger charge is 2.32. The molecule has 0 saturated heterocycles. The van der Waals surface area contributed by atoms with Gasteiger partial charge < -0.3 is 15.6 Å². The predicted octanol–water partition coefficient (Wildman–Crippen LogP) is 2.72. The van der Waals surface area contributed by atoms with Crippen LogP contribution >= 0.6 is 0 Å². The second kappa shape index (κ2) is 5.38. The first-order chi connectivity index (χ1) is 9.40. The van der Waals surface area contributed by atoms with Crippen molar-refractivity contribution in [2.75, 3.05) is 5.73 Å². The average molecular weight is 284 g/mol. The number of alkyl halides is 3. The summed E-state index contributed by atoms with van der Waals surface area (Å²) in [4.78, 5) is 4.03. The van der Waals surface area contributed by atoms with Crippen LogP contribution in [0.5, 0.6) is 5.75 Å². The Hall–Kier alpha value is -2.28. The number of benzene rings is 1. The lowest BCUT2D eigenvalue weighted by atomic mass is 10.1. The number of anilines is 1. The summed E-state index contributed by atoms with van der Waals surface area (Å²) in [7, 11) is 0. The highest BCUT2D eigenvalue weighted by atomic mass is 19.4. The first-order valence-electron chi connectivity index (χ1n) is 5.62. The summed E-state index contributed by atoms with van der Waals surface area (Å²) >= 11 is 0. The van der Waals surface area contributed by atoms with E-state index >= 15 is 0 Å². The number of ether oxygens (including phenoxy) is 1. The van der Waals surface area contributed by atoms with E-state index in [-0.39, 0.29) is 23.6 Å². The number of aliphatic hydroxyl groups excluding tert-OH is 1. The van der Waals surface area contributed by atoms with Gasteiger partial charge in [0.1, 0.15) is 5.75 Å². The van der Waals surface area contributed by atoms with Crippen LogP contribution in [0.25, 0.3) is 11.3 Å². The lowest BCUT2D eigenvalue weighted by Gasteiger charge is -2.14.